The van der Waals surface area contributed by atoms with Crippen LogP contribution < -0.4 is 4.74 Å². The van der Waals surface area contributed by atoms with E-state index in [0.29, 0.717) is 15.1 Å². The number of thiophene rings is 1. The summed E-state index contributed by atoms with van der Waals surface area (Å²) in [4.78, 5) is 12.5. The highest BCUT2D eigenvalue weighted by Gasteiger charge is 2.19. The van der Waals surface area contributed by atoms with Gasteiger partial charge in [0.25, 0.3) is 0 Å². The van der Waals surface area contributed by atoms with Gasteiger partial charge < -0.3 is 4.74 Å². The number of halogens is 3. The second-order valence-corrected chi connectivity index (χ2v) is 5.55. The minimum absolute atomic E-state index is 0.0484. The predicted octanol–water partition coefficient (Wildman–Crippen LogP) is 4.54. The molecule has 1 aromatic carbocycles. The van der Waals surface area contributed by atoms with Gasteiger partial charge in [0, 0.05) is 15.9 Å². The highest BCUT2D eigenvalue weighted by Crippen LogP contribution is 2.30. The molecule has 0 N–H and O–H groups in total. The van der Waals surface area contributed by atoms with Crippen molar-refractivity contribution < 1.29 is 13.9 Å². The van der Waals surface area contributed by atoms with E-state index in [0.717, 1.165) is 0 Å². The predicted molar refractivity (Wildman–Crippen MR) is 73.4 cm³/mol. The molecule has 0 saturated heterocycles. The SMILES string of the molecule is COc1csc(C(=O)c2ccc(Br)c(Cl)c2F)c1. The molecular weight excluding hydrogens is 343 g/mol. The largest absolute Gasteiger partial charge is 0.496 e. The van der Waals surface area contributed by atoms with E-state index in [1.165, 1.54) is 24.5 Å². The molecule has 0 unspecified atom stereocenters. The number of hydrogen-bond donors (Lipinski definition) is 0. The Kier molecular flexibility index (Phi) is 4.04. The molecule has 0 aliphatic carbocycles. The molecule has 1 heterocycles. The third-order valence-corrected chi connectivity index (χ3v) is 4.48. The van der Waals surface area contributed by atoms with Gasteiger partial charge in [-0.15, -0.1) is 11.3 Å². The quantitative estimate of drug-likeness (QED) is 0.600. The van der Waals surface area contributed by atoms with Gasteiger partial charge in [0.05, 0.1) is 22.6 Å². The molecule has 0 spiro atoms. The van der Waals surface area contributed by atoms with Crippen LogP contribution in [0.1, 0.15) is 15.2 Å². The van der Waals surface area contributed by atoms with Gasteiger partial charge in [-0.05, 0) is 28.1 Å². The van der Waals surface area contributed by atoms with E-state index in [1.807, 2.05) is 0 Å². The van der Waals surface area contributed by atoms with Gasteiger partial charge in [-0.1, -0.05) is 11.6 Å². The number of ketones is 1. The minimum Gasteiger partial charge on any atom is -0.496 e. The highest BCUT2D eigenvalue weighted by atomic mass is 79.9. The van der Waals surface area contributed by atoms with Crippen LogP contribution in [-0.2, 0) is 0 Å². The topological polar surface area (TPSA) is 26.3 Å². The number of carbonyl (C=O) groups is 1. The molecule has 18 heavy (non-hydrogen) atoms. The minimum atomic E-state index is -0.719. The fraction of sp³-hybridized carbons (Fsp3) is 0.0833. The molecule has 0 aliphatic rings. The molecule has 0 atom stereocenters. The van der Waals surface area contributed by atoms with Crippen molar-refractivity contribution in [2.45, 2.75) is 0 Å². The Hall–Kier alpha value is -0.910. The Morgan fingerprint density at radius 2 is 2.22 bits per heavy atom. The smallest absolute Gasteiger partial charge is 0.206 e. The molecule has 2 aromatic rings. The lowest BCUT2D eigenvalue weighted by atomic mass is 10.1. The zero-order valence-corrected chi connectivity index (χ0v) is 12.3. The molecule has 2 nitrogen and oxygen atoms in total. The summed E-state index contributed by atoms with van der Waals surface area (Å²) in [6.45, 7) is 0. The van der Waals surface area contributed by atoms with E-state index in [2.05, 4.69) is 15.9 Å². The highest BCUT2D eigenvalue weighted by molar-refractivity contribution is 9.10. The first-order chi connectivity index (χ1) is 8.54. The first-order valence-electron chi connectivity index (χ1n) is 4.85. The number of hydrogen-bond acceptors (Lipinski definition) is 3. The van der Waals surface area contributed by atoms with Crippen LogP contribution >= 0.6 is 38.9 Å². The van der Waals surface area contributed by atoms with Crippen LogP contribution in [0.3, 0.4) is 0 Å². The van der Waals surface area contributed by atoms with Crippen LogP contribution in [0.15, 0.2) is 28.1 Å². The molecule has 0 amide bonds. The fourth-order valence-electron chi connectivity index (χ4n) is 1.38. The van der Waals surface area contributed by atoms with Crippen LogP contribution in [0.2, 0.25) is 5.02 Å². The van der Waals surface area contributed by atoms with Crippen molar-refractivity contribution in [2.75, 3.05) is 7.11 Å². The number of carbonyl (C=O) groups excluding carboxylic acids is 1. The molecule has 1 aromatic heterocycles. The molecule has 0 aliphatic heterocycles. The van der Waals surface area contributed by atoms with E-state index in [-0.39, 0.29) is 10.6 Å². The Bertz CT molecular complexity index is 612. The van der Waals surface area contributed by atoms with E-state index in [4.69, 9.17) is 16.3 Å². The third-order valence-electron chi connectivity index (χ3n) is 2.31. The summed E-state index contributed by atoms with van der Waals surface area (Å²) in [7, 11) is 1.51. The van der Waals surface area contributed by atoms with Gasteiger partial charge in [0.2, 0.25) is 5.78 Å². The average molecular weight is 350 g/mol. The van der Waals surface area contributed by atoms with Gasteiger partial charge in [-0.3, -0.25) is 4.79 Å². The second-order valence-electron chi connectivity index (χ2n) is 3.40. The van der Waals surface area contributed by atoms with Crippen molar-refractivity contribution in [1.29, 1.82) is 0 Å². The second kappa shape index (κ2) is 5.38. The molecule has 2 rings (SSSR count). The van der Waals surface area contributed by atoms with Crippen molar-refractivity contribution in [2.24, 2.45) is 0 Å². The Morgan fingerprint density at radius 3 is 2.83 bits per heavy atom. The summed E-state index contributed by atoms with van der Waals surface area (Å²) in [5.41, 5.74) is -0.0484. The average Bonchev–Trinajstić information content (AvgIpc) is 2.84. The summed E-state index contributed by atoms with van der Waals surface area (Å²) < 4.78 is 19.3. The molecule has 94 valence electrons. The van der Waals surface area contributed by atoms with E-state index >= 15 is 0 Å². The number of rotatable bonds is 3. The zero-order valence-electron chi connectivity index (χ0n) is 9.17. The van der Waals surface area contributed by atoms with Crippen molar-refractivity contribution in [3.05, 3.63) is 49.3 Å². The lowest BCUT2D eigenvalue weighted by Crippen LogP contribution is -2.02. The summed E-state index contributed by atoms with van der Waals surface area (Å²) >= 11 is 10.1. The molecule has 6 heteroatoms. The van der Waals surface area contributed by atoms with Crippen molar-refractivity contribution in [1.82, 2.24) is 0 Å². The molecule has 0 fully saturated rings. The molecule has 0 bridgehead atoms. The van der Waals surface area contributed by atoms with Gasteiger partial charge in [-0.2, -0.15) is 0 Å². The maximum atomic E-state index is 13.9. The van der Waals surface area contributed by atoms with Crippen LogP contribution in [0.25, 0.3) is 0 Å². The molecule has 0 radical (unpaired) electrons. The monoisotopic (exact) mass is 348 g/mol. The maximum Gasteiger partial charge on any atom is 0.206 e. The van der Waals surface area contributed by atoms with Gasteiger partial charge in [0.15, 0.2) is 5.82 Å². The number of ether oxygens (including phenoxy) is 1. The third kappa shape index (κ3) is 2.43. The van der Waals surface area contributed by atoms with E-state index in [9.17, 15) is 9.18 Å². The van der Waals surface area contributed by atoms with Crippen LogP contribution in [-0.4, -0.2) is 12.9 Å². The Labute approximate surface area is 120 Å². The van der Waals surface area contributed by atoms with Gasteiger partial charge in [-0.25, -0.2) is 4.39 Å². The normalized spacial score (nSPS) is 10.4. The maximum absolute atomic E-state index is 13.9. The lowest BCUT2D eigenvalue weighted by Gasteiger charge is -2.03. The summed E-state index contributed by atoms with van der Waals surface area (Å²) in [5, 5.41) is 1.59. The summed E-state index contributed by atoms with van der Waals surface area (Å²) in [5.74, 6) is -0.550. The van der Waals surface area contributed by atoms with Gasteiger partial charge >= 0.3 is 0 Å². The van der Waals surface area contributed by atoms with Crippen molar-refractivity contribution >= 4 is 44.7 Å². The molecule has 0 saturated carbocycles. The van der Waals surface area contributed by atoms with E-state index < -0.39 is 11.6 Å². The Balaban J connectivity index is 2.43. The first kappa shape index (κ1) is 13.5. The van der Waals surface area contributed by atoms with E-state index in [1.54, 1.807) is 17.5 Å². The zero-order chi connectivity index (χ0) is 13.3. The number of benzene rings is 1. The van der Waals surface area contributed by atoms with Crippen LogP contribution in [0, 0.1) is 5.82 Å². The lowest BCUT2D eigenvalue weighted by molar-refractivity contribution is 0.103. The van der Waals surface area contributed by atoms with Crippen LogP contribution in [0.4, 0.5) is 4.39 Å². The number of methoxy groups -OCH3 is 1. The van der Waals surface area contributed by atoms with Gasteiger partial charge in [0.1, 0.15) is 5.75 Å². The first-order valence-corrected chi connectivity index (χ1v) is 6.90. The van der Waals surface area contributed by atoms with Crippen LogP contribution in [0.5, 0.6) is 5.75 Å². The summed E-state index contributed by atoms with van der Waals surface area (Å²) in [6.07, 6.45) is 0. The standard InChI is InChI=1S/C12H7BrClFO2S/c1-17-6-4-9(18-5-6)12(16)7-2-3-8(13)10(14)11(7)15/h2-5H,1H3. The summed E-state index contributed by atoms with van der Waals surface area (Å²) in [6, 6.07) is 4.52. The van der Waals surface area contributed by atoms with Crippen molar-refractivity contribution in [3.63, 3.8) is 0 Å². The molecular formula is C12H7BrClFO2S. The Morgan fingerprint density at radius 1 is 1.50 bits per heavy atom. The fourth-order valence-corrected chi connectivity index (χ4v) is 2.66. The van der Waals surface area contributed by atoms with Crippen molar-refractivity contribution in [3.8, 4) is 5.75 Å².